The van der Waals surface area contributed by atoms with Gasteiger partial charge in [0.25, 0.3) is 0 Å². The summed E-state index contributed by atoms with van der Waals surface area (Å²) in [5.74, 6) is 0.687. The molecular weight excluding hydrogens is 418 g/mol. The van der Waals surface area contributed by atoms with Crippen LogP contribution in [0.1, 0.15) is 11.1 Å². The molecule has 0 spiro atoms. The average molecular weight is 448 g/mol. The van der Waals surface area contributed by atoms with Crippen LogP contribution in [-0.4, -0.2) is 15.2 Å². The lowest BCUT2D eigenvalue weighted by Gasteiger charge is -2.07. The summed E-state index contributed by atoms with van der Waals surface area (Å²) in [6.07, 6.45) is 3.50. The predicted octanol–water partition coefficient (Wildman–Crippen LogP) is 7.82. The molecule has 2 N–H and O–H groups in total. The van der Waals surface area contributed by atoms with Crippen LogP contribution in [0.4, 0.5) is 0 Å². The van der Waals surface area contributed by atoms with E-state index in [-0.39, 0.29) is 0 Å². The second-order valence-corrected chi connectivity index (χ2v) is 7.69. The Bertz CT molecular complexity index is 1120. The van der Waals surface area contributed by atoms with Crippen molar-refractivity contribution in [3.63, 3.8) is 0 Å². The molecule has 0 unspecified atom stereocenters. The van der Waals surface area contributed by atoms with Crippen LogP contribution in [0, 0.1) is 13.8 Å². The molecule has 4 aromatic carbocycles. The molecule has 0 saturated heterocycles. The number of aryl methyl sites for hydroxylation is 2. The summed E-state index contributed by atoms with van der Waals surface area (Å²) in [5.41, 5.74) is 6.15. The first-order valence-electron chi connectivity index (χ1n) is 11.1. The molecule has 0 bridgehead atoms. The molecular formula is C31H29NO2. The van der Waals surface area contributed by atoms with Gasteiger partial charge in [-0.25, -0.2) is 0 Å². The maximum Gasteiger partial charge on any atom is 0.123 e. The summed E-state index contributed by atoms with van der Waals surface area (Å²) in [7, 11) is 0. The Kier molecular flexibility index (Phi) is 9.00. The van der Waals surface area contributed by atoms with E-state index in [2.05, 4.69) is 4.98 Å². The van der Waals surface area contributed by atoms with Crippen LogP contribution in [0.15, 0.2) is 128 Å². The van der Waals surface area contributed by atoms with Crippen LogP contribution in [0.5, 0.6) is 11.5 Å². The van der Waals surface area contributed by atoms with Crippen molar-refractivity contribution in [1.29, 1.82) is 0 Å². The number of phenolic OH excluding ortho intramolecular Hbond substituents is 2. The average Bonchev–Trinajstić information content (AvgIpc) is 2.87. The van der Waals surface area contributed by atoms with Crippen LogP contribution in [0.2, 0.25) is 0 Å². The van der Waals surface area contributed by atoms with Crippen molar-refractivity contribution in [3.05, 3.63) is 139 Å². The molecule has 34 heavy (non-hydrogen) atoms. The molecule has 5 aromatic rings. The number of hydrogen-bond donors (Lipinski definition) is 2. The van der Waals surface area contributed by atoms with Gasteiger partial charge >= 0.3 is 0 Å². The topological polar surface area (TPSA) is 53.4 Å². The quantitative estimate of drug-likeness (QED) is 0.290. The standard InChI is InChI=1S/2C13H12O.C5H5N/c2*1-10-6-5-9-12(14)13(10)11-7-3-2-4-8-11;1-2-4-6-5-3-1/h2*2-9,14H,1H3;1-5H. The van der Waals surface area contributed by atoms with Gasteiger partial charge in [-0.15, -0.1) is 0 Å². The van der Waals surface area contributed by atoms with Gasteiger partial charge in [-0.1, -0.05) is 91.0 Å². The zero-order valence-corrected chi connectivity index (χ0v) is 19.5. The highest BCUT2D eigenvalue weighted by Gasteiger charge is 2.06. The first kappa shape index (κ1) is 24.3. The van der Waals surface area contributed by atoms with Crippen molar-refractivity contribution in [3.8, 4) is 33.8 Å². The Labute approximate surface area is 201 Å². The van der Waals surface area contributed by atoms with Gasteiger partial charge in [0.1, 0.15) is 11.5 Å². The van der Waals surface area contributed by atoms with Crippen molar-refractivity contribution >= 4 is 0 Å². The number of pyridine rings is 1. The fourth-order valence-corrected chi connectivity index (χ4v) is 3.58. The van der Waals surface area contributed by atoms with E-state index in [0.717, 1.165) is 33.4 Å². The second-order valence-electron chi connectivity index (χ2n) is 7.69. The third-order valence-electron chi connectivity index (χ3n) is 5.19. The maximum absolute atomic E-state index is 9.74. The van der Waals surface area contributed by atoms with Crippen LogP contribution < -0.4 is 0 Å². The molecule has 0 saturated carbocycles. The molecule has 0 fully saturated rings. The predicted molar refractivity (Wildman–Crippen MR) is 141 cm³/mol. The van der Waals surface area contributed by atoms with Crippen molar-refractivity contribution in [1.82, 2.24) is 4.98 Å². The normalized spacial score (nSPS) is 9.71. The zero-order valence-electron chi connectivity index (χ0n) is 19.5. The minimum atomic E-state index is 0.344. The van der Waals surface area contributed by atoms with E-state index in [0.29, 0.717) is 11.5 Å². The largest absolute Gasteiger partial charge is 0.507 e. The van der Waals surface area contributed by atoms with E-state index in [9.17, 15) is 10.2 Å². The molecule has 1 heterocycles. The van der Waals surface area contributed by atoms with E-state index >= 15 is 0 Å². The van der Waals surface area contributed by atoms with Gasteiger partial charge in [-0.2, -0.15) is 0 Å². The molecule has 0 radical (unpaired) electrons. The molecule has 0 aliphatic rings. The van der Waals surface area contributed by atoms with E-state index in [4.69, 9.17) is 0 Å². The Morgan fingerprint density at radius 1 is 0.441 bits per heavy atom. The lowest BCUT2D eigenvalue weighted by atomic mass is 10.00. The second kappa shape index (κ2) is 12.6. The third kappa shape index (κ3) is 6.81. The lowest BCUT2D eigenvalue weighted by molar-refractivity contribution is 0.476. The minimum absolute atomic E-state index is 0.344. The Morgan fingerprint density at radius 2 is 0.824 bits per heavy atom. The molecule has 3 nitrogen and oxygen atoms in total. The molecule has 1 aromatic heterocycles. The SMILES string of the molecule is Cc1cccc(O)c1-c1ccccc1.Cc1cccc(O)c1-c1ccccc1.c1ccncc1. The van der Waals surface area contributed by atoms with Crippen molar-refractivity contribution in [2.75, 3.05) is 0 Å². The first-order chi connectivity index (χ1) is 16.6. The summed E-state index contributed by atoms with van der Waals surface area (Å²) in [6.45, 7) is 4.00. The highest BCUT2D eigenvalue weighted by atomic mass is 16.3. The number of aromatic nitrogens is 1. The highest BCUT2D eigenvalue weighted by Crippen LogP contribution is 2.32. The monoisotopic (exact) mass is 447 g/mol. The summed E-state index contributed by atoms with van der Waals surface area (Å²) in [6, 6.07) is 36.7. The van der Waals surface area contributed by atoms with E-state index in [1.54, 1.807) is 24.5 Å². The molecule has 170 valence electrons. The van der Waals surface area contributed by atoms with Gasteiger partial charge in [0.2, 0.25) is 0 Å². The Hall–Kier alpha value is -4.37. The van der Waals surface area contributed by atoms with Gasteiger partial charge in [0.05, 0.1) is 0 Å². The number of rotatable bonds is 2. The molecule has 0 aliphatic carbocycles. The van der Waals surface area contributed by atoms with Crippen LogP contribution in [0.25, 0.3) is 22.3 Å². The lowest BCUT2D eigenvalue weighted by Crippen LogP contribution is -1.83. The van der Waals surface area contributed by atoms with Crippen molar-refractivity contribution in [2.24, 2.45) is 0 Å². The van der Waals surface area contributed by atoms with Gasteiger partial charge in [-0.3, -0.25) is 4.98 Å². The summed E-state index contributed by atoms with van der Waals surface area (Å²) >= 11 is 0. The molecule has 3 heteroatoms. The maximum atomic E-state index is 9.74. The van der Waals surface area contributed by atoms with E-state index < -0.39 is 0 Å². The molecule has 5 rings (SSSR count). The smallest absolute Gasteiger partial charge is 0.123 e. The first-order valence-corrected chi connectivity index (χ1v) is 11.1. The minimum Gasteiger partial charge on any atom is -0.507 e. The third-order valence-corrected chi connectivity index (χ3v) is 5.19. The molecule has 0 atom stereocenters. The van der Waals surface area contributed by atoms with Crippen molar-refractivity contribution in [2.45, 2.75) is 13.8 Å². The fraction of sp³-hybridized carbons (Fsp3) is 0.0645. The van der Waals surface area contributed by atoms with E-state index in [1.807, 2.05) is 117 Å². The fourth-order valence-electron chi connectivity index (χ4n) is 3.58. The van der Waals surface area contributed by atoms with Crippen LogP contribution >= 0.6 is 0 Å². The number of hydrogen-bond acceptors (Lipinski definition) is 3. The number of benzene rings is 4. The summed E-state index contributed by atoms with van der Waals surface area (Å²) < 4.78 is 0. The Morgan fingerprint density at radius 3 is 1.12 bits per heavy atom. The van der Waals surface area contributed by atoms with Crippen LogP contribution in [-0.2, 0) is 0 Å². The van der Waals surface area contributed by atoms with Crippen molar-refractivity contribution < 1.29 is 10.2 Å². The molecule has 0 amide bonds. The Balaban J connectivity index is 0.000000154. The van der Waals surface area contributed by atoms with Gasteiger partial charge in [0, 0.05) is 23.5 Å². The van der Waals surface area contributed by atoms with E-state index in [1.165, 1.54) is 0 Å². The van der Waals surface area contributed by atoms with Gasteiger partial charge in [-0.05, 0) is 60.4 Å². The number of aromatic hydroxyl groups is 2. The highest BCUT2D eigenvalue weighted by molar-refractivity contribution is 5.74. The van der Waals surface area contributed by atoms with Crippen LogP contribution in [0.3, 0.4) is 0 Å². The zero-order chi connectivity index (χ0) is 24.2. The summed E-state index contributed by atoms with van der Waals surface area (Å²) in [5, 5.41) is 19.5. The summed E-state index contributed by atoms with van der Waals surface area (Å²) in [4.78, 5) is 3.78. The number of phenols is 2. The van der Waals surface area contributed by atoms with Gasteiger partial charge in [0.15, 0.2) is 0 Å². The van der Waals surface area contributed by atoms with Gasteiger partial charge < -0.3 is 10.2 Å². The molecule has 0 aliphatic heterocycles. The number of nitrogens with zero attached hydrogens (tertiary/aromatic N) is 1.